The van der Waals surface area contributed by atoms with Gasteiger partial charge >= 0.3 is 0 Å². The first kappa shape index (κ1) is 17.6. The van der Waals surface area contributed by atoms with Crippen molar-refractivity contribution in [2.75, 3.05) is 0 Å². The molecule has 24 heavy (non-hydrogen) atoms. The molecule has 2 aromatic rings. The molecule has 0 saturated carbocycles. The van der Waals surface area contributed by atoms with Crippen molar-refractivity contribution in [1.29, 1.82) is 0 Å². The summed E-state index contributed by atoms with van der Waals surface area (Å²) in [6, 6.07) is 13.9. The molecule has 0 N–H and O–H groups in total. The molecule has 2 aromatic carbocycles. The predicted molar refractivity (Wildman–Crippen MR) is 104 cm³/mol. The highest BCUT2D eigenvalue weighted by atomic mass is 79.9. The number of benzene rings is 2. The molecule has 0 spiro atoms. The van der Waals surface area contributed by atoms with Crippen molar-refractivity contribution in [3.63, 3.8) is 0 Å². The van der Waals surface area contributed by atoms with Gasteiger partial charge in [-0.05, 0) is 35.4 Å². The monoisotopic (exact) mass is 484 g/mol. The molecule has 0 atom stereocenters. The van der Waals surface area contributed by atoms with Gasteiger partial charge in [-0.25, -0.2) is 0 Å². The molecule has 3 rings (SSSR count). The zero-order valence-electron chi connectivity index (χ0n) is 11.9. The van der Waals surface area contributed by atoms with Gasteiger partial charge in [-0.3, -0.25) is 9.59 Å². The van der Waals surface area contributed by atoms with E-state index in [1.165, 1.54) is 0 Å². The summed E-state index contributed by atoms with van der Waals surface area (Å²) >= 11 is 19.1. The van der Waals surface area contributed by atoms with Crippen molar-refractivity contribution in [3.8, 4) is 0 Å². The third-order valence-corrected chi connectivity index (χ3v) is 5.34. The van der Waals surface area contributed by atoms with Crippen LogP contribution in [0.4, 0.5) is 0 Å². The summed E-state index contributed by atoms with van der Waals surface area (Å²) in [4.78, 5) is 25.4. The summed E-state index contributed by atoms with van der Waals surface area (Å²) in [6.07, 6.45) is 0. The van der Waals surface area contributed by atoms with Gasteiger partial charge in [0.05, 0.1) is 11.1 Å². The van der Waals surface area contributed by atoms with Crippen molar-refractivity contribution < 1.29 is 9.59 Å². The van der Waals surface area contributed by atoms with Crippen LogP contribution in [-0.2, 0) is 9.59 Å². The Morgan fingerprint density at radius 2 is 0.875 bits per heavy atom. The summed E-state index contributed by atoms with van der Waals surface area (Å²) in [5.41, 5.74) is 1.35. The van der Waals surface area contributed by atoms with E-state index in [1.807, 2.05) is 0 Å². The van der Waals surface area contributed by atoms with Crippen LogP contribution in [0.25, 0.3) is 11.1 Å². The Balaban J connectivity index is 2.12. The van der Waals surface area contributed by atoms with E-state index < -0.39 is 11.6 Å². The fourth-order valence-electron chi connectivity index (χ4n) is 2.39. The third-order valence-electron chi connectivity index (χ3n) is 3.56. The highest BCUT2D eigenvalue weighted by Crippen LogP contribution is 2.39. The molecule has 0 heterocycles. The van der Waals surface area contributed by atoms with E-state index in [2.05, 4.69) is 31.9 Å². The largest absolute Gasteiger partial charge is 0.288 e. The van der Waals surface area contributed by atoms with Crippen LogP contribution in [-0.4, -0.2) is 11.6 Å². The predicted octanol–water partition coefficient (Wildman–Crippen LogP) is 5.96. The van der Waals surface area contributed by atoms with Crippen molar-refractivity contribution >= 4 is 77.8 Å². The molecule has 0 bridgehead atoms. The summed E-state index contributed by atoms with van der Waals surface area (Å²) in [6.45, 7) is 0. The van der Waals surface area contributed by atoms with Crippen LogP contribution >= 0.6 is 55.1 Å². The van der Waals surface area contributed by atoms with E-state index in [9.17, 15) is 9.59 Å². The number of carbonyl (C=O) groups excluding carboxylic acids is 2. The zero-order valence-corrected chi connectivity index (χ0v) is 16.6. The Morgan fingerprint density at radius 1 is 0.583 bits per heavy atom. The van der Waals surface area contributed by atoms with Gasteiger partial charge in [0.1, 0.15) is 10.1 Å². The number of hydrogen-bond acceptors (Lipinski definition) is 2. The topological polar surface area (TPSA) is 34.1 Å². The first-order chi connectivity index (χ1) is 11.4. The second-order valence-corrected chi connectivity index (χ2v) is 7.64. The van der Waals surface area contributed by atoms with Gasteiger partial charge in [-0.2, -0.15) is 0 Å². The van der Waals surface area contributed by atoms with Crippen LogP contribution in [0.5, 0.6) is 0 Å². The van der Waals surface area contributed by atoms with Gasteiger partial charge in [0.15, 0.2) is 0 Å². The molecular weight excluding hydrogens is 479 g/mol. The average molecular weight is 487 g/mol. The average Bonchev–Trinajstić information content (AvgIpc) is 2.57. The molecule has 0 fully saturated rings. The van der Waals surface area contributed by atoms with Gasteiger partial charge < -0.3 is 0 Å². The number of Topliss-reactive ketones (excluding diaryl/α,β-unsaturated/α-hetero) is 2. The molecule has 2 nitrogen and oxygen atoms in total. The molecular formula is C18H8Br2Cl2O2. The number of halogens is 4. The lowest BCUT2D eigenvalue weighted by atomic mass is 9.88. The third kappa shape index (κ3) is 3.16. The van der Waals surface area contributed by atoms with Gasteiger partial charge in [0.2, 0.25) is 11.6 Å². The Bertz CT molecular complexity index is 834. The van der Waals surface area contributed by atoms with Crippen LogP contribution in [0.15, 0.2) is 67.5 Å². The van der Waals surface area contributed by atoms with Gasteiger partial charge in [0.25, 0.3) is 0 Å². The van der Waals surface area contributed by atoms with Crippen LogP contribution in [0.3, 0.4) is 0 Å². The summed E-state index contributed by atoms with van der Waals surface area (Å²) in [5.74, 6) is -0.914. The SMILES string of the molecule is O=C1C(Cl)=C(c2ccc(Br)cc2)C(=O)C(Cl)=C1c1ccc(Br)cc1. The number of allylic oxidation sites excluding steroid dienone is 4. The Labute approximate surface area is 165 Å². The lowest BCUT2D eigenvalue weighted by Crippen LogP contribution is -2.18. The van der Waals surface area contributed by atoms with Crippen LogP contribution in [0, 0.1) is 0 Å². The van der Waals surface area contributed by atoms with E-state index in [4.69, 9.17) is 23.2 Å². The fourth-order valence-corrected chi connectivity index (χ4v) is 3.50. The zero-order chi connectivity index (χ0) is 17.4. The number of carbonyl (C=O) groups is 2. The number of hydrogen-bond donors (Lipinski definition) is 0. The second kappa shape index (κ2) is 6.96. The van der Waals surface area contributed by atoms with E-state index in [1.54, 1.807) is 48.5 Å². The lowest BCUT2D eigenvalue weighted by Gasteiger charge is -2.18. The van der Waals surface area contributed by atoms with E-state index >= 15 is 0 Å². The molecule has 0 aromatic heterocycles. The number of ketones is 2. The standard InChI is InChI=1S/C18H8Br2Cl2O2/c19-11-5-1-9(2-6-11)13-15(21)18(24)14(16(22)17(13)23)10-3-7-12(20)8-4-10/h1-8H. The van der Waals surface area contributed by atoms with E-state index in [-0.39, 0.29) is 21.2 Å². The molecule has 0 amide bonds. The minimum absolute atomic E-state index is 0.121. The smallest absolute Gasteiger partial charge is 0.207 e. The van der Waals surface area contributed by atoms with Crippen LogP contribution in [0.2, 0.25) is 0 Å². The van der Waals surface area contributed by atoms with Gasteiger partial charge in [0, 0.05) is 8.95 Å². The second-order valence-electron chi connectivity index (χ2n) is 5.05. The molecule has 0 unspecified atom stereocenters. The summed E-state index contributed by atoms with van der Waals surface area (Å²) < 4.78 is 1.71. The van der Waals surface area contributed by atoms with Gasteiger partial charge in [-0.15, -0.1) is 0 Å². The maximum absolute atomic E-state index is 12.7. The molecule has 6 heteroatoms. The van der Waals surface area contributed by atoms with Crippen LogP contribution < -0.4 is 0 Å². The minimum Gasteiger partial charge on any atom is -0.288 e. The lowest BCUT2D eigenvalue weighted by molar-refractivity contribution is -0.113. The molecule has 1 aliphatic carbocycles. The van der Waals surface area contributed by atoms with Gasteiger partial charge in [-0.1, -0.05) is 79.3 Å². The Morgan fingerprint density at radius 3 is 1.17 bits per heavy atom. The minimum atomic E-state index is -0.457. The van der Waals surface area contributed by atoms with Crippen molar-refractivity contribution in [2.45, 2.75) is 0 Å². The first-order valence-electron chi connectivity index (χ1n) is 6.81. The maximum Gasteiger partial charge on any atom is 0.207 e. The number of rotatable bonds is 2. The highest BCUT2D eigenvalue weighted by molar-refractivity contribution is 9.10. The summed E-state index contributed by atoms with van der Waals surface area (Å²) in [7, 11) is 0. The molecule has 0 aliphatic heterocycles. The molecule has 120 valence electrons. The first-order valence-corrected chi connectivity index (χ1v) is 9.15. The Hall–Kier alpha value is -1.20. The van der Waals surface area contributed by atoms with Crippen molar-refractivity contribution in [1.82, 2.24) is 0 Å². The van der Waals surface area contributed by atoms with E-state index in [0.29, 0.717) is 11.1 Å². The Kier molecular flexibility index (Phi) is 5.11. The highest BCUT2D eigenvalue weighted by Gasteiger charge is 2.34. The maximum atomic E-state index is 12.7. The molecule has 1 aliphatic rings. The van der Waals surface area contributed by atoms with Crippen molar-refractivity contribution in [2.24, 2.45) is 0 Å². The molecule has 0 radical (unpaired) electrons. The normalized spacial score (nSPS) is 15.3. The van der Waals surface area contributed by atoms with E-state index in [0.717, 1.165) is 8.95 Å². The van der Waals surface area contributed by atoms with Crippen LogP contribution in [0.1, 0.15) is 11.1 Å². The fraction of sp³-hybridized carbons (Fsp3) is 0. The summed E-state index contributed by atoms with van der Waals surface area (Å²) in [5, 5.41) is -0.241. The molecule has 0 saturated heterocycles. The van der Waals surface area contributed by atoms with Crippen molar-refractivity contribution in [3.05, 3.63) is 78.7 Å². The quantitative estimate of drug-likeness (QED) is 0.490.